The molecular weight excluding hydrogens is 449 g/mol. The lowest BCUT2D eigenvalue weighted by atomic mass is 10.2. The van der Waals surface area contributed by atoms with E-state index in [0.29, 0.717) is 17.4 Å². The summed E-state index contributed by atoms with van der Waals surface area (Å²) in [6.45, 7) is 1.77. The van der Waals surface area contributed by atoms with Crippen LogP contribution in [-0.2, 0) is 16.1 Å². The first kappa shape index (κ1) is 23.1. The second-order valence-electron chi connectivity index (χ2n) is 7.44. The van der Waals surface area contributed by atoms with E-state index in [0.717, 1.165) is 11.3 Å². The maximum atomic E-state index is 14.3. The molecule has 2 amide bonds. The van der Waals surface area contributed by atoms with Crippen molar-refractivity contribution in [1.82, 2.24) is 4.98 Å². The average Bonchev–Trinajstić information content (AvgIpc) is 3.32. The number of hydrogen-bond acceptors (Lipinski definition) is 4. The summed E-state index contributed by atoms with van der Waals surface area (Å²) in [6.07, 6.45) is 3.05. The van der Waals surface area contributed by atoms with Gasteiger partial charge in [-0.1, -0.05) is 60.7 Å². The summed E-state index contributed by atoms with van der Waals surface area (Å²) >= 11 is 1.20. The summed E-state index contributed by atoms with van der Waals surface area (Å²) in [6, 6.07) is 25.2. The fourth-order valence-electron chi connectivity index (χ4n) is 3.41. The number of anilines is 3. The van der Waals surface area contributed by atoms with E-state index < -0.39 is 5.82 Å². The Morgan fingerprint density at radius 1 is 0.941 bits per heavy atom. The number of rotatable bonds is 7. The van der Waals surface area contributed by atoms with Gasteiger partial charge in [0, 0.05) is 24.1 Å². The number of hydrogen-bond donors (Lipinski definition) is 0. The third-order valence-electron chi connectivity index (χ3n) is 5.02. The van der Waals surface area contributed by atoms with Crippen LogP contribution in [-0.4, -0.2) is 16.8 Å². The molecular formula is C27H22FN3O2S. The standard InChI is InChI=1S/C27H22FN3O2S/c1-20(32)31(25-15-9-8-14-24(25)28)27-29-22(19-34-27)16-17-26(33)30(23-12-6-3-7-13-23)18-21-10-4-2-5-11-21/h2-17,19H,18H2,1H3/b17-16+. The molecule has 3 aromatic carbocycles. The third kappa shape index (κ3) is 5.44. The fraction of sp³-hybridized carbons (Fsp3) is 0.0741. The van der Waals surface area contributed by atoms with Crippen LogP contribution >= 0.6 is 11.3 Å². The molecule has 5 nitrogen and oxygen atoms in total. The van der Waals surface area contributed by atoms with Crippen LogP contribution in [0.25, 0.3) is 6.08 Å². The van der Waals surface area contributed by atoms with E-state index in [2.05, 4.69) is 4.98 Å². The quantitative estimate of drug-likeness (QED) is 0.301. The monoisotopic (exact) mass is 471 g/mol. The summed E-state index contributed by atoms with van der Waals surface area (Å²) in [5.41, 5.74) is 2.42. The number of benzene rings is 3. The molecule has 0 saturated carbocycles. The Balaban J connectivity index is 1.57. The predicted molar refractivity (Wildman–Crippen MR) is 134 cm³/mol. The molecule has 0 atom stereocenters. The van der Waals surface area contributed by atoms with Crippen LogP contribution < -0.4 is 9.80 Å². The molecule has 0 aliphatic rings. The minimum atomic E-state index is -0.514. The van der Waals surface area contributed by atoms with E-state index in [1.807, 2.05) is 60.7 Å². The molecule has 0 aliphatic heterocycles. The van der Waals surface area contributed by atoms with Gasteiger partial charge in [0.15, 0.2) is 5.13 Å². The van der Waals surface area contributed by atoms with Crippen molar-refractivity contribution in [3.05, 3.63) is 113 Å². The van der Waals surface area contributed by atoms with Crippen LogP contribution in [0.1, 0.15) is 18.2 Å². The number of halogens is 1. The number of nitrogens with zero attached hydrogens (tertiary/aromatic N) is 3. The molecule has 170 valence electrons. The van der Waals surface area contributed by atoms with E-state index in [-0.39, 0.29) is 17.5 Å². The average molecular weight is 472 g/mol. The maximum absolute atomic E-state index is 14.3. The van der Waals surface area contributed by atoms with E-state index in [1.165, 1.54) is 41.4 Å². The van der Waals surface area contributed by atoms with Crippen molar-refractivity contribution in [2.24, 2.45) is 0 Å². The summed E-state index contributed by atoms with van der Waals surface area (Å²) in [5.74, 6) is -1.08. The Labute approximate surface area is 201 Å². The van der Waals surface area contributed by atoms with Crippen LogP contribution in [0.5, 0.6) is 0 Å². The number of amides is 2. The van der Waals surface area contributed by atoms with Crippen molar-refractivity contribution in [3.8, 4) is 0 Å². The van der Waals surface area contributed by atoms with Crippen LogP contribution in [0.15, 0.2) is 96.4 Å². The zero-order chi connectivity index (χ0) is 23.9. The van der Waals surface area contributed by atoms with Crippen molar-refractivity contribution >= 4 is 45.7 Å². The van der Waals surface area contributed by atoms with Gasteiger partial charge in [0.1, 0.15) is 5.82 Å². The summed E-state index contributed by atoms with van der Waals surface area (Å²) in [7, 11) is 0. The summed E-state index contributed by atoms with van der Waals surface area (Å²) < 4.78 is 14.3. The molecule has 0 fully saturated rings. The summed E-state index contributed by atoms with van der Waals surface area (Å²) in [4.78, 5) is 32.7. The lowest BCUT2D eigenvalue weighted by molar-refractivity contribution is -0.116. The molecule has 4 aromatic rings. The molecule has 0 N–H and O–H groups in total. The van der Waals surface area contributed by atoms with Crippen molar-refractivity contribution in [3.63, 3.8) is 0 Å². The zero-order valence-electron chi connectivity index (χ0n) is 18.5. The smallest absolute Gasteiger partial charge is 0.251 e. The fourth-order valence-corrected chi connectivity index (χ4v) is 4.26. The minimum absolute atomic E-state index is 0.133. The number of carbonyl (C=O) groups excluding carboxylic acids is 2. The second-order valence-corrected chi connectivity index (χ2v) is 8.28. The first-order valence-corrected chi connectivity index (χ1v) is 11.5. The first-order valence-electron chi connectivity index (χ1n) is 10.6. The Kier molecular flexibility index (Phi) is 7.25. The molecule has 1 aromatic heterocycles. The van der Waals surface area contributed by atoms with Crippen LogP contribution in [0, 0.1) is 5.82 Å². The van der Waals surface area contributed by atoms with Crippen molar-refractivity contribution in [2.75, 3.05) is 9.80 Å². The SMILES string of the molecule is CC(=O)N(c1nc(/C=C/C(=O)N(Cc2ccccc2)c2ccccc2)cs1)c1ccccc1F. The van der Waals surface area contributed by atoms with Crippen LogP contribution in [0.2, 0.25) is 0 Å². The highest BCUT2D eigenvalue weighted by Gasteiger charge is 2.21. The van der Waals surface area contributed by atoms with E-state index in [4.69, 9.17) is 0 Å². The van der Waals surface area contributed by atoms with Gasteiger partial charge in [-0.05, 0) is 35.9 Å². The van der Waals surface area contributed by atoms with Crippen molar-refractivity contribution < 1.29 is 14.0 Å². The number of carbonyl (C=O) groups is 2. The van der Waals surface area contributed by atoms with Gasteiger partial charge in [-0.25, -0.2) is 9.37 Å². The number of thiazole rings is 1. The highest BCUT2D eigenvalue weighted by molar-refractivity contribution is 7.14. The Bertz CT molecular complexity index is 1310. The molecule has 34 heavy (non-hydrogen) atoms. The van der Waals surface area contributed by atoms with E-state index >= 15 is 0 Å². The van der Waals surface area contributed by atoms with Crippen molar-refractivity contribution in [2.45, 2.75) is 13.5 Å². The highest BCUT2D eigenvalue weighted by Crippen LogP contribution is 2.31. The van der Waals surface area contributed by atoms with Gasteiger partial charge in [-0.2, -0.15) is 0 Å². The Morgan fingerprint density at radius 3 is 2.26 bits per heavy atom. The molecule has 0 spiro atoms. The molecule has 7 heteroatoms. The molecule has 0 radical (unpaired) electrons. The lowest BCUT2D eigenvalue weighted by Gasteiger charge is -2.21. The number of para-hydroxylation sites is 2. The van der Waals surface area contributed by atoms with Gasteiger partial charge in [0.25, 0.3) is 5.91 Å². The normalized spacial score (nSPS) is 10.9. The molecule has 0 aliphatic carbocycles. The zero-order valence-corrected chi connectivity index (χ0v) is 19.3. The van der Waals surface area contributed by atoms with Crippen LogP contribution in [0.3, 0.4) is 0 Å². The Morgan fingerprint density at radius 2 is 1.59 bits per heavy atom. The van der Waals surface area contributed by atoms with E-state index in [1.54, 1.807) is 28.5 Å². The molecule has 0 bridgehead atoms. The van der Waals surface area contributed by atoms with E-state index in [9.17, 15) is 14.0 Å². The maximum Gasteiger partial charge on any atom is 0.251 e. The van der Waals surface area contributed by atoms with Gasteiger partial charge in [-0.3, -0.25) is 14.5 Å². The summed E-state index contributed by atoms with van der Waals surface area (Å²) in [5, 5.41) is 2.05. The van der Waals surface area contributed by atoms with Crippen molar-refractivity contribution in [1.29, 1.82) is 0 Å². The van der Waals surface area contributed by atoms with Gasteiger partial charge in [-0.15, -0.1) is 11.3 Å². The molecule has 0 saturated heterocycles. The Hall–Kier alpha value is -4.10. The highest BCUT2D eigenvalue weighted by atomic mass is 32.1. The number of aromatic nitrogens is 1. The minimum Gasteiger partial charge on any atom is -0.304 e. The second kappa shape index (κ2) is 10.7. The van der Waals surface area contributed by atoms with Gasteiger partial charge in [0.2, 0.25) is 5.91 Å². The topological polar surface area (TPSA) is 53.5 Å². The van der Waals surface area contributed by atoms with Gasteiger partial charge < -0.3 is 4.90 Å². The molecule has 0 unspecified atom stereocenters. The predicted octanol–water partition coefficient (Wildman–Crippen LogP) is 6.21. The third-order valence-corrected chi connectivity index (χ3v) is 5.87. The molecule has 4 rings (SSSR count). The molecule has 1 heterocycles. The van der Waals surface area contributed by atoms with Gasteiger partial charge >= 0.3 is 0 Å². The largest absolute Gasteiger partial charge is 0.304 e. The lowest BCUT2D eigenvalue weighted by Crippen LogP contribution is -2.28. The van der Waals surface area contributed by atoms with Gasteiger partial charge in [0.05, 0.1) is 17.9 Å². The van der Waals surface area contributed by atoms with Crippen LogP contribution in [0.4, 0.5) is 20.9 Å². The first-order chi connectivity index (χ1) is 16.5.